The Balaban J connectivity index is 1.65. The molecule has 22 heavy (non-hydrogen) atoms. The molecule has 0 saturated heterocycles. The number of benzene rings is 1. The molecule has 112 valence electrons. The smallest absolute Gasteiger partial charge is 0.272 e. The molecule has 1 aromatic carbocycles. The molecule has 2 aromatic rings. The van der Waals surface area contributed by atoms with Crippen LogP contribution in [-0.4, -0.2) is 29.3 Å². The van der Waals surface area contributed by atoms with Gasteiger partial charge in [0.25, 0.3) is 5.91 Å². The quantitative estimate of drug-likeness (QED) is 0.695. The number of hydrogen-bond donors (Lipinski definition) is 1. The summed E-state index contributed by atoms with van der Waals surface area (Å²) >= 11 is 0. The van der Waals surface area contributed by atoms with Crippen LogP contribution in [0, 0.1) is 0 Å². The zero-order chi connectivity index (χ0) is 15.4. The van der Waals surface area contributed by atoms with Crippen molar-refractivity contribution < 1.29 is 14.3 Å². The van der Waals surface area contributed by atoms with E-state index in [2.05, 4.69) is 15.5 Å². The van der Waals surface area contributed by atoms with E-state index in [1.807, 2.05) is 24.3 Å². The maximum atomic E-state index is 11.9. The van der Waals surface area contributed by atoms with Crippen LogP contribution in [-0.2, 0) is 0 Å². The highest BCUT2D eigenvalue weighted by Gasteiger charge is 2.23. The van der Waals surface area contributed by atoms with Gasteiger partial charge in [-0.05, 0) is 31.2 Å². The fraction of sp³-hybridized carbons (Fsp3) is 0.188. The van der Waals surface area contributed by atoms with Crippen LogP contribution >= 0.6 is 0 Å². The first kappa shape index (κ1) is 14.1. The van der Waals surface area contributed by atoms with Gasteiger partial charge in [-0.25, -0.2) is 5.43 Å². The molecule has 3 rings (SSSR count). The molecule has 1 amide bonds. The number of nitrogens with one attached hydrogen (secondary N) is 1. The number of aromatic nitrogens is 1. The van der Waals surface area contributed by atoms with E-state index < -0.39 is 0 Å². The fourth-order valence-electron chi connectivity index (χ4n) is 2.00. The number of carbonyl (C=O) groups is 1. The number of pyridine rings is 1. The molecule has 0 saturated carbocycles. The molecule has 6 nitrogen and oxygen atoms in total. The van der Waals surface area contributed by atoms with Crippen molar-refractivity contribution in [3.63, 3.8) is 0 Å². The molecule has 0 fully saturated rings. The second-order valence-electron chi connectivity index (χ2n) is 4.80. The summed E-state index contributed by atoms with van der Waals surface area (Å²) in [4.78, 5) is 15.8. The van der Waals surface area contributed by atoms with Gasteiger partial charge >= 0.3 is 0 Å². The lowest BCUT2D eigenvalue weighted by Crippen LogP contribution is -2.36. The normalized spacial score (nSPS) is 17.0. The minimum Gasteiger partial charge on any atom is -0.485 e. The molecule has 1 atom stereocenters. The van der Waals surface area contributed by atoms with Gasteiger partial charge in [0.05, 0.1) is 11.3 Å². The fourth-order valence-corrected chi connectivity index (χ4v) is 2.00. The predicted molar refractivity (Wildman–Crippen MR) is 81.2 cm³/mol. The number of carbonyl (C=O) groups excluding carboxylic acids is 1. The maximum absolute atomic E-state index is 11.9. The first-order valence-corrected chi connectivity index (χ1v) is 6.87. The lowest BCUT2D eigenvalue weighted by Gasteiger charge is -2.26. The lowest BCUT2D eigenvalue weighted by atomic mass is 10.2. The Bertz CT molecular complexity index is 701. The van der Waals surface area contributed by atoms with Crippen molar-refractivity contribution in [2.24, 2.45) is 5.10 Å². The Labute approximate surface area is 127 Å². The number of hydrogen-bond acceptors (Lipinski definition) is 5. The minimum absolute atomic E-state index is 0.315. The topological polar surface area (TPSA) is 72.8 Å². The zero-order valence-corrected chi connectivity index (χ0v) is 12.0. The van der Waals surface area contributed by atoms with Crippen LogP contribution in [0.4, 0.5) is 0 Å². The van der Waals surface area contributed by atoms with Gasteiger partial charge < -0.3 is 9.47 Å². The molecule has 6 heteroatoms. The van der Waals surface area contributed by atoms with E-state index in [4.69, 9.17) is 9.47 Å². The second-order valence-corrected chi connectivity index (χ2v) is 4.80. The van der Waals surface area contributed by atoms with Gasteiger partial charge in [-0.2, -0.15) is 5.10 Å². The monoisotopic (exact) mass is 297 g/mol. The number of para-hydroxylation sites is 2. The summed E-state index contributed by atoms with van der Waals surface area (Å²) < 4.78 is 11.4. The van der Waals surface area contributed by atoms with E-state index in [9.17, 15) is 4.79 Å². The van der Waals surface area contributed by atoms with Crippen molar-refractivity contribution in [1.82, 2.24) is 10.4 Å². The van der Waals surface area contributed by atoms with Gasteiger partial charge in [-0.3, -0.25) is 9.78 Å². The Morgan fingerprint density at radius 3 is 2.86 bits per heavy atom. The third-order valence-corrected chi connectivity index (χ3v) is 3.23. The Morgan fingerprint density at radius 2 is 2.09 bits per heavy atom. The second kappa shape index (κ2) is 6.26. The highest BCUT2D eigenvalue weighted by molar-refractivity contribution is 5.95. The zero-order valence-electron chi connectivity index (χ0n) is 12.0. The van der Waals surface area contributed by atoms with E-state index in [1.165, 1.54) is 6.20 Å². The van der Waals surface area contributed by atoms with E-state index in [0.717, 1.165) is 0 Å². The summed E-state index contributed by atoms with van der Waals surface area (Å²) in [5.74, 6) is 1.07. The van der Waals surface area contributed by atoms with Crippen LogP contribution in [0.3, 0.4) is 0 Å². The van der Waals surface area contributed by atoms with Crippen LogP contribution in [0.2, 0.25) is 0 Å². The van der Waals surface area contributed by atoms with Crippen LogP contribution in [0.25, 0.3) is 0 Å². The van der Waals surface area contributed by atoms with Gasteiger partial charge in [0, 0.05) is 12.4 Å². The van der Waals surface area contributed by atoms with Crippen molar-refractivity contribution >= 4 is 11.6 Å². The number of fused-ring (bicyclic) bond motifs is 1. The van der Waals surface area contributed by atoms with Gasteiger partial charge in [0.15, 0.2) is 17.6 Å². The Hall–Kier alpha value is -2.89. The highest BCUT2D eigenvalue weighted by Crippen LogP contribution is 2.31. The first-order chi connectivity index (χ1) is 10.7. The van der Waals surface area contributed by atoms with Crippen molar-refractivity contribution in [3.8, 4) is 11.5 Å². The maximum Gasteiger partial charge on any atom is 0.272 e. The third-order valence-electron chi connectivity index (χ3n) is 3.23. The minimum atomic E-state index is -0.330. The highest BCUT2D eigenvalue weighted by atomic mass is 16.6. The van der Waals surface area contributed by atoms with Gasteiger partial charge in [0.1, 0.15) is 6.61 Å². The SMILES string of the molecule is CC(=NNC(=O)c1cccnc1)C1COc2ccccc2O1. The molecule has 1 N–H and O–H groups in total. The van der Waals surface area contributed by atoms with Crippen LogP contribution in [0.15, 0.2) is 53.9 Å². The van der Waals surface area contributed by atoms with Gasteiger partial charge in [0.2, 0.25) is 0 Å². The Kier molecular flexibility index (Phi) is 4.00. The first-order valence-electron chi connectivity index (χ1n) is 6.87. The standard InChI is InChI=1S/C16H15N3O3/c1-11(18-19-16(20)12-5-4-8-17-9-12)15-10-21-13-6-2-3-7-14(13)22-15/h2-9,15H,10H2,1H3,(H,19,20). The molecule has 2 heterocycles. The van der Waals surface area contributed by atoms with Gasteiger partial charge in [-0.15, -0.1) is 0 Å². The average molecular weight is 297 g/mol. The molecule has 0 radical (unpaired) electrons. The van der Waals surface area contributed by atoms with Crippen molar-refractivity contribution in [3.05, 3.63) is 54.4 Å². The van der Waals surface area contributed by atoms with Crippen molar-refractivity contribution in [2.75, 3.05) is 6.61 Å². The third kappa shape index (κ3) is 3.06. The summed E-state index contributed by atoms with van der Waals surface area (Å²) in [6.45, 7) is 2.14. The summed E-state index contributed by atoms with van der Waals surface area (Å²) in [5, 5.41) is 4.08. The number of rotatable bonds is 3. The van der Waals surface area contributed by atoms with Crippen LogP contribution in [0.5, 0.6) is 11.5 Å². The summed E-state index contributed by atoms with van der Waals surface area (Å²) in [6.07, 6.45) is 2.76. The molecule has 1 aliphatic rings. The Morgan fingerprint density at radius 1 is 1.27 bits per heavy atom. The van der Waals surface area contributed by atoms with Crippen molar-refractivity contribution in [1.29, 1.82) is 0 Å². The molecule has 0 bridgehead atoms. The largest absolute Gasteiger partial charge is 0.485 e. The molecular weight excluding hydrogens is 282 g/mol. The molecule has 1 aromatic heterocycles. The molecule has 0 aliphatic carbocycles. The number of hydrazone groups is 1. The molecule has 1 unspecified atom stereocenters. The molecule has 0 spiro atoms. The van der Waals surface area contributed by atoms with E-state index in [0.29, 0.717) is 29.4 Å². The van der Waals surface area contributed by atoms with Crippen molar-refractivity contribution in [2.45, 2.75) is 13.0 Å². The van der Waals surface area contributed by atoms with E-state index in [-0.39, 0.29) is 12.0 Å². The summed E-state index contributed by atoms with van der Waals surface area (Å²) in [5.41, 5.74) is 3.57. The number of nitrogens with zero attached hydrogens (tertiary/aromatic N) is 2. The summed E-state index contributed by atoms with van der Waals surface area (Å²) in [6, 6.07) is 10.8. The van der Waals surface area contributed by atoms with E-state index >= 15 is 0 Å². The van der Waals surface area contributed by atoms with Crippen LogP contribution in [0.1, 0.15) is 17.3 Å². The van der Waals surface area contributed by atoms with Crippen LogP contribution < -0.4 is 14.9 Å². The molecular formula is C16H15N3O3. The number of ether oxygens (including phenoxy) is 2. The van der Waals surface area contributed by atoms with Gasteiger partial charge in [-0.1, -0.05) is 12.1 Å². The van der Waals surface area contributed by atoms with E-state index in [1.54, 1.807) is 25.3 Å². The lowest BCUT2D eigenvalue weighted by molar-refractivity contribution is 0.0952. The predicted octanol–water partition coefficient (Wildman–Crippen LogP) is 2.03. The molecule has 1 aliphatic heterocycles. The average Bonchev–Trinajstić information content (AvgIpc) is 2.59. The number of amides is 1. The summed E-state index contributed by atoms with van der Waals surface area (Å²) in [7, 11) is 0.